The Balaban J connectivity index is 2.66. The van der Waals surface area contributed by atoms with Crippen LogP contribution in [0.4, 0.5) is 0 Å². The molecule has 0 heterocycles. The van der Waals surface area contributed by atoms with Gasteiger partial charge in [-0.3, -0.25) is 0 Å². The van der Waals surface area contributed by atoms with Crippen LogP contribution in [0.1, 0.15) is 19.8 Å². The molecule has 1 atom stereocenters. The number of nitrogens with one attached hydrogen (secondary N) is 1. The van der Waals surface area contributed by atoms with Gasteiger partial charge in [0.25, 0.3) is 0 Å². The standard InChI is InChI=1S/C11H15Br2NO2S/c1-2-3-10(13)8-14-17(15,16)11-6-4-9(12)5-7-11/h4-7,10,14H,2-3,8H2,1H3. The van der Waals surface area contributed by atoms with Gasteiger partial charge in [0.2, 0.25) is 10.0 Å². The van der Waals surface area contributed by atoms with E-state index in [4.69, 9.17) is 0 Å². The number of rotatable bonds is 6. The molecule has 0 fully saturated rings. The highest BCUT2D eigenvalue weighted by molar-refractivity contribution is 9.10. The lowest BCUT2D eigenvalue weighted by Gasteiger charge is -2.10. The minimum atomic E-state index is -3.39. The average molecular weight is 385 g/mol. The van der Waals surface area contributed by atoms with Gasteiger partial charge in [0.1, 0.15) is 0 Å². The topological polar surface area (TPSA) is 46.2 Å². The van der Waals surface area contributed by atoms with Crippen LogP contribution in [0.25, 0.3) is 0 Å². The second-order valence-corrected chi connectivity index (χ2v) is 7.67. The molecule has 0 aliphatic rings. The molecular weight excluding hydrogens is 370 g/mol. The number of hydrogen-bond acceptors (Lipinski definition) is 2. The Morgan fingerprint density at radius 1 is 1.29 bits per heavy atom. The molecule has 1 aromatic rings. The Kier molecular flexibility index (Phi) is 6.12. The molecule has 0 saturated carbocycles. The molecule has 1 rings (SSSR count). The lowest BCUT2D eigenvalue weighted by molar-refractivity contribution is 0.578. The third kappa shape index (κ3) is 5.07. The van der Waals surface area contributed by atoms with Crippen LogP contribution in [0.3, 0.4) is 0 Å². The van der Waals surface area contributed by atoms with Crippen LogP contribution in [0.15, 0.2) is 33.6 Å². The first-order chi connectivity index (χ1) is 7.95. The van der Waals surface area contributed by atoms with Crippen molar-refractivity contribution in [2.45, 2.75) is 29.5 Å². The van der Waals surface area contributed by atoms with Gasteiger partial charge in [0.15, 0.2) is 0 Å². The molecule has 0 bridgehead atoms. The van der Waals surface area contributed by atoms with Crippen molar-refractivity contribution in [2.24, 2.45) is 0 Å². The Bertz CT molecular complexity index is 445. The van der Waals surface area contributed by atoms with Gasteiger partial charge in [-0.15, -0.1) is 0 Å². The van der Waals surface area contributed by atoms with Gasteiger partial charge >= 0.3 is 0 Å². The van der Waals surface area contributed by atoms with E-state index in [1.807, 2.05) is 0 Å². The summed E-state index contributed by atoms with van der Waals surface area (Å²) in [6.45, 7) is 2.48. The van der Waals surface area contributed by atoms with Crippen molar-refractivity contribution in [3.8, 4) is 0 Å². The molecule has 0 amide bonds. The minimum absolute atomic E-state index is 0.178. The van der Waals surface area contributed by atoms with Gasteiger partial charge < -0.3 is 0 Å². The molecule has 0 aliphatic heterocycles. The maximum Gasteiger partial charge on any atom is 0.240 e. The summed E-state index contributed by atoms with van der Waals surface area (Å²) in [4.78, 5) is 0.467. The van der Waals surface area contributed by atoms with Crippen molar-refractivity contribution in [1.29, 1.82) is 0 Å². The molecule has 3 nitrogen and oxygen atoms in total. The van der Waals surface area contributed by atoms with Gasteiger partial charge in [0.05, 0.1) is 4.90 Å². The lowest BCUT2D eigenvalue weighted by Crippen LogP contribution is -2.29. The van der Waals surface area contributed by atoms with Crippen LogP contribution in [-0.2, 0) is 10.0 Å². The lowest BCUT2D eigenvalue weighted by atomic mass is 10.2. The Morgan fingerprint density at radius 3 is 2.41 bits per heavy atom. The molecule has 1 aromatic carbocycles. The highest BCUT2D eigenvalue weighted by atomic mass is 79.9. The van der Waals surface area contributed by atoms with Crippen molar-refractivity contribution in [1.82, 2.24) is 4.72 Å². The molecular formula is C11H15Br2NO2S. The Hall–Kier alpha value is 0.0900. The summed E-state index contributed by atoms with van der Waals surface area (Å²) < 4.78 is 27.3. The number of alkyl halides is 1. The van der Waals surface area contributed by atoms with Crippen molar-refractivity contribution in [3.05, 3.63) is 28.7 Å². The molecule has 96 valence electrons. The fourth-order valence-corrected chi connectivity index (χ4v) is 3.49. The largest absolute Gasteiger partial charge is 0.240 e. The van der Waals surface area contributed by atoms with E-state index in [1.165, 1.54) is 0 Å². The second kappa shape index (κ2) is 6.87. The first-order valence-corrected chi connectivity index (χ1v) is 8.54. The highest BCUT2D eigenvalue weighted by Crippen LogP contribution is 2.15. The zero-order valence-electron chi connectivity index (χ0n) is 9.49. The van der Waals surface area contributed by atoms with Crippen LogP contribution < -0.4 is 4.72 Å². The highest BCUT2D eigenvalue weighted by Gasteiger charge is 2.14. The number of halogens is 2. The molecule has 17 heavy (non-hydrogen) atoms. The van der Waals surface area contributed by atoms with E-state index in [2.05, 4.69) is 43.5 Å². The van der Waals surface area contributed by atoms with Gasteiger partial charge in [-0.05, 0) is 30.7 Å². The molecule has 0 aliphatic carbocycles. The first kappa shape index (κ1) is 15.1. The summed E-state index contributed by atoms with van der Waals surface area (Å²) in [7, 11) is -3.39. The summed E-state index contributed by atoms with van der Waals surface area (Å²) in [5.74, 6) is 0. The van der Waals surface area contributed by atoms with Crippen molar-refractivity contribution in [3.63, 3.8) is 0 Å². The summed E-state index contributed by atoms with van der Waals surface area (Å²) in [6.07, 6.45) is 1.97. The van der Waals surface area contributed by atoms with Gasteiger partial charge in [-0.25, -0.2) is 13.1 Å². The Morgan fingerprint density at radius 2 is 1.88 bits per heavy atom. The molecule has 0 saturated heterocycles. The predicted molar refractivity (Wildman–Crippen MR) is 77.0 cm³/mol. The minimum Gasteiger partial charge on any atom is -0.210 e. The third-order valence-corrected chi connectivity index (χ3v) is 4.97. The van der Waals surface area contributed by atoms with Gasteiger partial charge in [-0.2, -0.15) is 0 Å². The number of sulfonamides is 1. The summed E-state index contributed by atoms with van der Waals surface area (Å²) >= 11 is 6.71. The average Bonchev–Trinajstić information content (AvgIpc) is 2.28. The zero-order valence-corrected chi connectivity index (χ0v) is 13.5. The zero-order chi connectivity index (χ0) is 12.9. The summed E-state index contributed by atoms with van der Waals surface area (Å²) in [5.41, 5.74) is 0. The maximum atomic E-state index is 11.9. The van der Waals surface area contributed by atoms with E-state index in [1.54, 1.807) is 24.3 Å². The van der Waals surface area contributed by atoms with E-state index in [0.717, 1.165) is 17.3 Å². The molecule has 1 N–H and O–H groups in total. The van der Waals surface area contributed by atoms with E-state index in [9.17, 15) is 8.42 Å². The van der Waals surface area contributed by atoms with Gasteiger partial charge in [0, 0.05) is 15.8 Å². The summed E-state index contributed by atoms with van der Waals surface area (Å²) in [5, 5.41) is 0. The van der Waals surface area contributed by atoms with Crippen LogP contribution in [0, 0.1) is 0 Å². The van der Waals surface area contributed by atoms with Crippen LogP contribution in [0.5, 0.6) is 0 Å². The molecule has 0 aromatic heterocycles. The van der Waals surface area contributed by atoms with E-state index >= 15 is 0 Å². The predicted octanol–water partition coefficient (Wildman–Crippen LogP) is 3.29. The third-order valence-electron chi connectivity index (χ3n) is 2.22. The van der Waals surface area contributed by atoms with Crippen LogP contribution in [-0.4, -0.2) is 19.8 Å². The smallest absolute Gasteiger partial charge is 0.210 e. The molecule has 6 heteroatoms. The van der Waals surface area contributed by atoms with Crippen LogP contribution >= 0.6 is 31.9 Å². The normalized spacial score (nSPS) is 13.6. The molecule has 0 radical (unpaired) electrons. The SMILES string of the molecule is CCCC(Br)CNS(=O)(=O)c1ccc(Br)cc1. The quantitative estimate of drug-likeness (QED) is 0.765. The Labute approximate surface area is 119 Å². The first-order valence-electron chi connectivity index (χ1n) is 5.35. The number of benzene rings is 1. The van der Waals surface area contributed by atoms with Crippen molar-refractivity contribution < 1.29 is 8.42 Å². The fraction of sp³-hybridized carbons (Fsp3) is 0.455. The fourth-order valence-electron chi connectivity index (χ4n) is 1.31. The molecule has 0 spiro atoms. The molecule has 1 unspecified atom stereocenters. The van der Waals surface area contributed by atoms with Crippen molar-refractivity contribution >= 4 is 41.9 Å². The monoisotopic (exact) mass is 383 g/mol. The second-order valence-electron chi connectivity index (χ2n) is 3.69. The maximum absolute atomic E-state index is 11.9. The van der Waals surface area contributed by atoms with Gasteiger partial charge in [-0.1, -0.05) is 45.2 Å². The van der Waals surface area contributed by atoms with E-state index in [-0.39, 0.29) is 9.72 Å². The van der Waals surface area contributed by atoms with Crippen molar-refractivity contribution in [2.75, 3.05) is 6.54 Å². The summed E-state index contributed by atoms with van der Waals surface area (Å²) in [6, 6.07) is 6.59. The van der Waals surface area contributed by atoms with E-state index < -0.39 is 10.0 Å². The van der Waals surface area contributed by atoms with E-state index in [0.29, 0.717) is 6.54 Å². The van der Waals surface area contributed by atoms with Crippen LogP contribution in [0.2, 0.25) is 0 Å². The number of hydrogen-bond donors (Lipinski definition) is 1.